The molecule has 2 aromatic rings. The zero-order chi connectivity index (χ0) is 11.6. The number of rotatable bonds is 4. The normalized spacial score (nSPS) is 11.9. The highest BCUT2D eigenvalue weighted by atomic mass is 16.5. The van der Waals surface area contributed by atoms with Crippen LogP contribution >= 0.6 is 0 Å². The van der Waals surface area contributed by atoms with Gasteiger partial charge in [-0.15, -0.1) is 5.10 Å². The number of pyridine rings is 1. The van der Waals surface area contributed by atoms with Crippen LogP contribution < -0.4 is 4.74 Å². The van der Waals surface area contributed by atoms with Gasteiger partial charge in [0.05, 0.1) is 12.1 Å². The van der Waals surface area contributed by atoms with Gasteiger partial charge in [-0.1, -0.05) is 26.8 Å². The lowest BCUT2D eigenvalue weighted by Gasteiger charge is -2.21. The van der Waals surface area contributed by atoms with Gasteiger partial charge in [-0.2, -0.15) is 0 Å². The Morgan fingerprint density at radius 1 is 1.38 bits per heavy atom. The highest BCUT2D eigenvalue weighted by Gasteiger charge is 2.16. The molecule has 0 spiro atoms. The Morgan fingerprint density at radius 3 is 2.88 bits per heavy atom. The fraction of sp³-hybridized carbons (Fsp3) is 0.462. The molecular formula is C13H18N2O. The Bertz CT molecular complexity index is 440. The third kappa shape index (κ3) is 2.35. The zero-order valence-electron chi connectivity index (χ0n) is 10.1. The first-order valence-electron chi connectivity index (χ1n) is 5.68. The monoisotopic (exact) mass is 218 g/mol. The van der Waals surface area contributed by atoms with Crippen molar-refractivity contribution in [2.75, 3.05) is 6.61 Å². The minimum absolute atomic E-state index is 0.204. The summed E-state index contributed by atoms with van der Waals surface area (Å²) in [7, 11) is 0. The largest absolute Gasteiger partial charge is 0.476 e. The summed E-state index contributed by atoms with van der Waals surface area (Å²) in [6.45, 7) is 7.27. The second-order valence-electron chi connectivity index (χ2n) is 4.86. The predicted molar refractivity (Wildman–Crippen MR) is 64.8 cm³/mol. The molecule has 3 heteroatoms. The topological polar surface area (TPSA) is 26.5 Å². The van der Waals surface area contributed by atoms with Crippen LogP contribution in [-0.2, 0) is 0 Å². The van der Waals surface area contributed by atoms with Crippen LogP contribution in [0.1, 0.15) is 27.2 Å². The van der Waals surface area contributed by atoms with Crippen LogP contribution in [0, 0.1) is 5.41 Å². The van der Waals surface area contributed by atoms with Crippen molar-refractivity contribution in [2.24, 2.45) is 5.41 Å². The van der Waals surface area contributed by atoms with E-state index >= 15 is 0 Å². The molecule has 0 saturated carbocycles. The van der Waals surface area contributed by atoms with E-state index in [9.17, 15) is 0 Å². The zero-order valence-corrected chi connectivity index (χ0v) is 10.1. The van der Waals surface area contributed by atoms with Crippen molar-refractivity contribution in [3.8, 4) is 5.88 Å². The lowest BCUT2D eigenvalue weighted by molar-refractivity contribution is 0.169. The Balaban J connectivity index is 2.10. The molecule has 0 radical (unpaired) electrons. The third-order valence-corrected chi connectivity index (χ3v) is 2.92. The summed E-state index contributed by atoms with van der Waals surface area (Å²) in [4.78, 5) is 0. The molecular weight excluding hydrogens is 200 g/mol. The van der Waals surface area contributed by atoms with E-state index in [1.165, 1.54) is 0 Å². The summed E-state index contributed by atoms with van der Waals surface area (Å²) >= 11 is 0. The Labute approximate surface area is 96.0 Å². The summed E-state index contributed by atoms with van der Waals surface area (Å²) in [5.41, 5.74) is 1.27. The fourth-order valence-electron chi connectivity index (χ4n) is 1.36. The molecule has 0 atom stereocenters. The van der Waals surface area contributed by atoms with Crippen molar-refractivity contribution in [3.05, 3.63) is 30.5 Å². The highest BCUT2D eigenvalue weighted by molar-refractivity contribution is 5.48. The molecule has 0 bridgehead atoms. The van der Waals surface area contributed by atoms with E-state index in [1.807, 2.05) is 35.0 Å². The average Bonchev–Trinajstić information content (AvgIpc) is 2.69. The van der Waals surface area contributed by atoms with Crippen LogP contribution in [0.4, 0.5) is 0 Å². The summed E-state index contributed by atoms with van der Waals surface area (Å²) in [5, 5.41) is 4.34. The van der Waals surface area contributed by atoms with Gasteiger partial charge < -0.3 is 4.74 Å². The maximum Gasteiger partial charge on any atom is 0.233 e. The van der Waals surface area contributed by atoms with Gasteiger partial charge in [-0.25, -0.2) is 4.52 Å². The van der Waals surface area contributed by atoms with E-state index < -0.39 is 0 Å². The molecule has 0 aliphatic rings. The number of aromatic nitrogens is 2. The third-order valence-electron chi connectivity index (χ3n) is 2.92. The standard InChI is InChI=1S/C13H18N2O/c1-4-13(2,3)10-16-12-9-11-7-5-6-8-15(11)14-12/h5-9H,4,10H2,1-3H3. The minimum Gasteiger partial charge on any atom is -0.476 e. The van der Waals surface area contributed by atoms with Crippen molar-refractivity contribution in [2.45, 2.75) is 27.2 Å². The van der Waals surface area contributed by atoms with Crippen LogP contribution in [0.2, 0.25) is 0 Å². The molecule has 16 heavy (non-hydrogen) atoms. The molecule has 0 N–H and O–H groups in total. The first-order chi connectivity index (χ1) is 7.61. The second-order valence-corrected chi connectivity index (χ2v) is 4.86. The van der Waals surface area contributed by atoms with Crippen LogP contribution in [0.15, 0.2) is 30.5 Å². The van der Waals surface area contributed by atoms with E-state index in [1.54, 1.807) is 0 Å². The van der Waals surface area contributed by atoms with Gasteiger partial charge in [0.25, 0.3) is 0 Å². The van der Waals surface area contributed by atoms with Crippen LogP contribution in [0.5, 0.6) is 5.88 Å². The molecule has 0 aliphatic heterocycles. The molecule has 0 aliphatic carbocycles. The van der Waals surface area contributed by atoms with Gasteiger partial charge in [-0.3, -0.25) is 0 Å². The highest BCUT2D eigenvalue weighted by Crippen LogP contribution is 2.21. The minimum atomic E-state index is 0.204. The van der Waals surface area contributed by atoms with Crippen molar-refractivity contribution in [3.63, 3.8) is 0 Å². The predicted octanol–water partition coefficient (Wildman–Crippen LogP) is 3.15. The van der Waals surface area contributed by atoms with Crippen molar-refractivity contribution < 1.29 is 4.74 Å². The molecule has 2 heterocycles. The van der Waals surface area contributed by atoms with Crippen molar-refractivity contribution >= 4 is 5.52 Å². The van der Waals surface area contributed by atoms with E-state index in [0.717, 1.165) is 11.9 Å². The van der Waals surface area contributed by atoms with Gasteiger partial charge >= 0.3 is 0 Å². The summed E-state index contributed by atoms with van der Waals surface area (Å²) in [6, 6.07) is 7.94. The van der Waals surface area contributed by atoms with Gasteiger partial charge in [0.15, 0.2) is 0 Å². The molecule has 0 fully saturated rings. The second kappa shape index (κ2) is 4.16. The molecule has 0 aromatic carbocycles. The first kappa shape index (κ1) is 11.0. The summed E-state index contributed by atoms with van der Waals surface area (Å²) in [5.74, 6) is 0.702. The van der Waals surface area contributed by atoms with Crippen molar-refractivity contribution in [1.82, 2.24) is 9.61 Å². The lowest BCUT2D eigenvalue weighted by atomic mass is 9.92. The lowest BCUT2D eigenvalue weighted by Crippen LogP contribution is -2.20. The van der Waals surface area contributed by atoms with E-state index in [0.29, 0.717) is 12.5 Å². The Hall–Kier alpha value is -1.51. The number of hydrogen-bond donors (Lipinski definition) is 0. The summed E-state index contributed by atoms with van der Waals surface area (Å²) < 4.78 is 7.54. The number of hydrogen-bond acceptors (Lipinski definition) is 2. The van der Waals surface area contributed by atoms with E-state index in [4.69, 9.17) is 4.74 Å². The molecule has 2 aromatic heterocycles. The average molecular weight is 218 g/mol. The summed E-state index contributed by atoms with van der Waals surface area (Å²) in [6.07, 6.45) is 3.02. The Morgan fingerprint density at radius 2 is 2.19 bits per heavy atom. The Kier molecular flexibility index (Phi) is 2.86. The smallest absolute Gasteiger partial charge is 0.233 e. The van der Waals surface area contributed by atoms with Crippen LogP contribution in [0.3, 0.4) is 0 Å². The number of nitrogens with zero attached hydrogens (tertiary/aromatic N) is 2. The SMILES string of the molecule is CCC(C)(C)COc1cc2ccccn2n1. The van der Waals surface area contributed by atoms with Gasteiger partial charge in [0, 0.05) is 12.3 Å². The molecule has 86 valence electrons. The van der Waals surface area contributed by atoms with Gasteiger partial charge in [0.2, 0.25) is 5.88 Å². The maximum absolute atomic E-state index is 5.71. The van der Waals surface area contributed by atoms with E-state index in [2.05, 4.69) is 25.9 Å². The molecule has 0 amide bonds. The molecule has 2 rings (SSSR count). The van der Waals surface area contributed by atoms with Gasteiger partial charge in [0.1, 0.15) is 0 Å². The molecule has 0 saturated heterocycles. The molecule has 0 unspecified atom stereocenters. The van der Waals surface area contributed by atoms with E-state index in [-0.39, 0.29) is 5.41 Å². The van der Waals surface area contributed by atoms with Crippen LogP contribution in [-0.4, -0.2) is 16.2 Å². The fourth-order valence-corrected chi connectivity index (χ4v) is 1.36. The number of ether oxygens (including phenoxy) is 1. The number of fused-ring (bicyclic) bond motifs is 1. The maximum atomic E-state index is 5.71. The van der Waals surface area contributed by atoms with Gasteiger partial charge in [-0.05, 0) is 24.0 Å². The molecule has 3 nitrogen and oxygen atoms in total. The van der Waals surface area contributed by atoms with Crippen LogP contribution in [0.25, 0.3) is 5.52 Å². The quantitative estimate of drug-likeness (QED) is 0.788. The van der Waals surface area contributed by atoms with Crippen molar-refractivity contribution in [1.29, 1.82) is 0 Å². The first-order valence-corrected chi connectivity index (χ1v) is 5.68.